The summed E-state index contributed by atoms with van der Waals surface area (Å²) in [5, 5.41) is 0. The van der Waals surface area contributed by atoms with Gasteiger partial charge in [0.2, 0.25) is 0 Å². The molecule has 0 amide bonds. The lowest BCUT2D eigenvalue weighted by Crippen LogP contribution is -1.71. The van der Waals surface area contributed by atoms with Crippen LogP contribution in [-0.4, -0.2) is 0 Å². The molecule has 0 aliphatic rings. The Labute approximate surface area is 55.0 Å². The maximum atomic E-state index is 4.14. The quantitative estimate of drug-likeness (QED) is 0.502. The van der Waals surface area contributed by atoms with Crippen LogP contribution in [0.3, 0.4) is 0 Å². The molecule has 8 heavy (non-hydrogen) atoms. The Hall–Kier alpha value is -0.430. The molecule has 1 aromatic rings. The molecule has 0 saturated heterocycles. The molecule has 0 aliphatic heterocycles. The fourth-order valence-electron chi connectivity index (χ4n) is 0.512. The van der Waals surface area contributed by atoms with Crippen molar-refractivity contribution in [1.82, 2.24) is 0 Å². The number of thiol groups is 1. The molecule has 1 aromatic carbocycles. The number of hydrogen-bond donors (Lipinski definition) is 1. The van der Waals surface area contributed by atoms with Crippen LogP contribution in [0.15, 0.2) is 23.1 Å². The van der Waals surface area contributed by atoms with E-state index in [0.29, 0.717) is 0 Å². The van der Waals surface area contributed by atoms with E-state index in [1.807, 2.05) is 25.1 Å². The molecule has 0 saturated carbocycles. The van der Waals surface area contributed by atoms with Gasteiger partial charge in [0.15, 0.2) is 0 Å². The van der Waals surface area contributed by atoms with Gasteiger partial charge < -0.3 is 0 Å². The Morgan fingerprint density at radius 1 is 1.62 bits per heavy atom. The summed E-state index contributed by atoms with van der Waals surface area (Å²) in [5.41, 5.74) is 1.18. The van der Waals surface area contributed by atoms with Gasteiger partial charge in [-0.2, -0.15) is 0 Å². The predicted molar refractivity (Wildman–Crippen MR) is 37.3 cm³/mol. The van der Waals surface area contributed by atoms with Gasteiger partial charge in [-0.3, -0.25) is 0 Å². The third-order valence-electron chi connectivity index (χ3n) is 1.04. The Kier molecular flexibility index (Phi) is 1.59. The zero-order chi connectivity index (χ0) is 5.98. The SMILES string of the molecule is Cc1ccc[c]c1S. The summed E-state index contributed by atoms with van der Waals surface area (Å²) in [4.78, 5) is 0.938. The van der Waals surface area contributed by atoms with Crippen LogP contribution in [0.1, 0.15) is 5.56 Å². The Morgan fingerprint density at radius 3 is 2.75 bits per heavy atom. The highest BCUT2D eigenvalue weighted by atomic mass is 32.1. The Bertz CT molecular complexity index is 160. The van der Waals surface area contributed by atoms with Crippen molar-refractivity contribution in [3.05, 3.63) is 29.8 Å². The molecule has 0 unspecified atom stereocenters. The largest absolute Gasteiger partial charge is 0.143 e. The van der Waals surface area contributed by atoms with Gasteiger partial charge in [-0.25, -0.2) is 0 Å². The molecule has 0 aliphatic carbocycles. The van der Waals surface area contributed by atoms with E-state index >= 15 is 0 Å². The van der Waals surface area contributed by atoms with Crippen molar-refractivity contribution >= 4 is 12.6 Å². The first-order chi connectivity index (χ1) is 3.80. The van der Waals surface area contributed by atoms with Gasteiger partial charge in [-0.15, -0.1) is 12.6 Å². The van der Waals surface area contributed by atoms with Crippen molar-refractivity contribution in [2.24, 2.45) is 0 Å². The first-order valence-electron chi connectivity index (χ1n) is 2.47. The molecule has 1 radical (unpaired) electrons. The third-order valence-corrected chi connectivity index (χ3v) is 1.52. The van der Waals surface area contributed by atoms with E-state index in [9.17, 15) is 0 Å². The van der Waals surface area contributed by atoms with Gasteiger partial charge in [-0.1, -0.05) is 18.2 Å². The van der Waals surface area contributed by atoms with Crippen LogP contribution >= 0.6 is 12.6 Å². The van der Waals surface area contributed by atoms with Gasteiger partial charge in [0.1, 0.15) is 0 Å². The highest BCUT2D eigenvalue weighted by Gasteiger charge is 1.85. The van der Waals surface area contributed by atoms with Crippen LogP contribution in [0.5, 0.6) is 0 Å². The van der Waals surface area contributed by atoms with Gasteiger partial charge in [0, 0.05) is 4.90 Å². The first kappa shape index (κ1) is 5.70. The molecular formula is C7H7S. The van der Waals surface area contributed by atoms with E-state index in [0.717, 1.165) is 4.90 Å². The van der Waals surface area contributed by atoms with Crippen LogP contribution in [0.25, 0.3) is 0 Å². The zero-order valence-electron chi connectivity index (χ0n) is 4.68. The molecule has 0 bridgehead atoms. The molecule has 0 heterocycles. The van der Waals surface area contributed by atoms with E-state index in [1.54, 1.807) is 0 Å². The van der Waals surface area contributed by atoms with Gasteiger partial charge >= 0.3 is 0 Å². The summed E-state index contributed by atoms with van der Waals surface area (Å²) in [6.07, 6.45) is 0. The number of benzene rings is 1. The fourth-order valence-corrected chi connectivity index (χ4v) is 0.661. The van der Waals surface area contributed by atoms with Crippen LogP contribution in [-0.2, 0) is 0 Å². The Balaban J connectivity index is 3.13. The minimum Gasteiger partial charge on any atom is -0.143 e. The summed E-state index contributed by atoms with van der Waals surface area (Å²) in [6.45, 7) is 2.01. The summed E-state index contributed by atoms with van der Waals surface area (Å²) >= 11 is 4.14. The smallest absolute Gasteiger partial charge is 0.0148 e. The van der Waals surface area contributed by atoms with Crippen LogP contribution < -0.4 is 0 Å². The summed E-state index contributed by atoms with van der Waals surface area (Å²) in [5.74, 6) is 0. The van der Waals surface area contributed by atoms with E-state index in [-0.39, 0.29) is 0 Å². The van der Waals surface area contributed by atoms with Crippen molar-refractivity contribution in [3.8, 4) is 0 Å². The second-order valence-electron chi connectivity index (χ2n) is 1.70. The lowest BCUT2D eigenvalue weighted by molar-refractivity contribution is 1.30. The molecular weight excluding hydrogens is 116 g/mol. The number of hydrogen-bond acceptors (Lipinski definition) is 1. The zero-order valence-corrected chi connectivity index (χ0v) is 5.57. The highest BCUT2D eigenvalue weighted by Crippen LogP contribution is 2.08. The minimum absolute atomic E-state index is 0.938. The average Bonchev–Trinajstić information content (AvgIpc) is 1.77. The molecule has 0 fully saturated rings. The van der Waals surface area contributed by atoms with E-state index in [2.05, 4.69) is 18.7 Å². The second kappa shape index (κ2) is 2.23. The molecule has 0 spiro atoms. The molecule has 0 N–H and O–H groups in total. The van der Waals surface area contributed by atoms with Crippen LogP contribution in [0, 0.1) is 13.0 Å². The lowest BCUT2D eigenvalue weighted by Gasteiger charge is -1.91. The van der Waals surface area contributed by atoms with E-state index in [4.69, 9.17) is 0 Å². The van der Waals surface area contributed by atoms with Gasteiger partial charge in [-0.05, 0) is 18.6 Å². The van der Waals surface area contributed by atoms with E-state index < -0.39 is 0 Å². The van der Waals surface area contributed by atoms with E-state index in [1.165, 1.54) is 5.56 Å². The van der Waals surface area contributed by atoms with Crippen molar-refractivity contribution in [2.75, 3.05) is 0 Å². The topological polar surface area (TPSA) is 0 Å². The molecule has 1 rings (SSSR count). The number of rotatable bonds is 0. The Morgan fingerprint density at radius 2 is 2.38 bits per heavy atom. The minimum atomic E-state index is 0.938. The molecule has 41 valence electrons. The first-order valence-corrected chi connectivity index (χ1v) is 2.91. The molecule has 0 atom stereocenters. The molecule has 0 nitrogen and oxygen atoms in total. The maximum Gasteiger partial charge on any atom is 0.0148 e. The summed E-state index contributed by atoms with van der Waals surface area (Å²) in [6, 6.07) is 8.79. The third kappa shape index (κ3) is 1.04. The summed E-state index contributed by atoms with van der Waals surface area (Å²) < 4.78 is 0. The van der Waals surface area contributed by atoms with Crippen molar-refractivity contribution in [3.63, 3.8) is 0 Å². The average molecular weight is 123 g/mol. The second-order valence-corrected chi connectivity index (χ2v) is 2.15. The van der Waals surface area contributed by atoms with Crippen molar-refractivity contribution in [2.45, 2.75) is 11.8 Å². The van der Waals surface area contributed by atoms with Crippen LogP contribution in [0.4, 0.5) is 0 Å². The van der Waals surface area contributed by atoms with Crippen molar-refractivity contribution in [1.29, 1.82) is 0 Å². The van der Waals surface area contributed by atoms with Gasteiger partial charge in [0.05, 0.1) is 0 Å². The number of aryl methyl sites for hydroxylation is 1. The normalized spacial score (nSPS) is 9.25. The monoisotopic (exact) mass is 123 g/mol. The highest BCUT2D eigenvalue weighted by molar-refractivity contribution is 7.80. The van der Waals surface area contributed by atoms with Crippen molar-refractivity contribution < 1.29 is 0 Å². The van der Waals surface area contributed by atoms with Crippen LogP contribution in [0.2, 0.25) is 0 Å². The lowest BCUT2D eigenvalue weighted by atomic mass is 10.2. The molecule has 1 heteroatoms. The molecule has 0 aromatic heterocycles. The van der Waals surface area contributed by atoms with Gasteiger partial charge in [0.25, 0.3) is 0 Å². The predicted octanol–water partition coefficient (Wildman–Crippen LogP) is 2.08. The summed E-state index contributed by atoms with van der Waals surface area (Å²) in [7, 11) is 0. The maximum absolute atomic E-state index is 4.14. The fraction of sp³-hybridized carbons (Fsp3) is 0.143. The standard InChI is InChI=1S/C7H7S/c1-6-4-2-3-5-7(6)8/h2-4,8H,1H3.